The second kappa shape index (κ2) is 3.87. The van der Waals surface area contributed by atoms with E-state index in [4.69, 9.17) is 5.73 Å². The number of rotatable bonds is 2. The van der Waals surface area contributed by atoms with Crippen molar-refractivity contribution >= 4 is 5.82 Å². The highest BCUT2D eigenvalue weighted by atomic mass is 14.9. The highest BCUT2D eigenvalue weighted by Gasteiger charge is 1.98. The molecule has 1 heterocycles. The summed E-state index contributed by atoms with van der Waals surface area (Å²) in [6.07, 6.45) is 2.41. The van der Waals surface area contributed by atoms with Crippen LogP contribution in [0.25, 0.3) is 0 Å². The van der Waals surface area contributed by atoms with E-state index >= 15 is 0 Å². The average Bonchev–Trinajstić information content (AvgIpc) is 2.19. The monoisotopic (exact) mass is 185 g/mol. The Morgan fingerprint density at radius 1 is 1.07 bits per heavy atom. The van der Waals surface area contributed by atoms with Gasteiger partial charge < -0.3 is 5.73 Å². The molecule has 3 heteroatoms. The van der Waals surface area contributed by atoms with E-state index in [1.54, 1.807) is 12.3 Å². The van der Waals surface area contributed by atoms with Gasteiger partial charge in [-0.05, 0) is 11.6 Å². The molecule has 0 fully saturated rings. The predicted octanol–water partition coefficient (Wildman–Crippen LogP) is 1.65. The summed E-state index contributed by atoms with van der Waals surface area (Å²) in [7, 11) is 0. The van der Waals surface area contributed by atoms with Gasteiger partial charge in [0.1, 0.15) is 11.6 Å². The van der Waals surface area contributed by atoms with Crippen molar-refractivity contribution in [3.05, 3.63) is 54.0 Å². The van der Waals surface area contributed by atoms with Crippen LogP contribution in [0.15, 0.2) is 42.6 Å². The molecule has 0 saturated heterocycles. The van der Waals surface area contributed by atoms with Crippen LogP contribution in [0.3, 0.4) is 0 Å². The highest BCUT2D eigenvalue weighted by Crippen LogP contribution is 2.05. The van der Waals surface area contributed by atoms with Gasteiger partial charge in [-0.2, -0.15) is 0 Å². The van der Waals surface area contributed by atoms with Gasteiger partial charge in [0.05, 0.1) is 0 Å². The quantitative estimate of drug-likeness (QED) is 0.774. The van der Waals surface area contributed by atoms with Gasteiger partial charge in [-0.1, -0.05) is 30.3 Å². The second-order valence-corrected chi connectivity index (χ2v) is 3.06. The largest absolute Gasteiger partial charge is 0.384 e. The van der Waals surface area contributed by atoms with Crippen LogP contribution in [0.2, 0.25) is 0 Å². The van der Waals surface area contributed by atoms with Gasteiger partial charge in [-0.15, -0.1) is 0 Å². The molecule has 3 nitrogen and oxygen atoms in total. The Bertz CT molecular complexity index is 412. The van der Waals surface area contributed by atoms with Crippen LogP contribution in [0.5, 0.6) is 0 Å². The molecule has 0 aliphatic carbocycles. The fourth-order valence-electron chi connectivity index (χ4n) is 1.28. The lowest BCUT2D eigenvalue weighted by molar-refractivity contribution is 0.974. The summed E-state index contributed by atoms with van der Waals surface area (Å²) in [4.78, 5) is 8.28. The Morgan fingerprint density at radius 2 is 1.86 bits per heavy atom. The smallest absolute Gasteiger partial charge is 0.135 e. The first-order valence-electron chi connectivity index (χ1n) is 4.46. The van der Waals surface area contributed by atoms with Crippen LogP contribution >= 0.6 is 0 Å². The fourth-order valence-corrected chi connectivity index (χ4v) is 1.28. The molecule has 0 amide bonds. The zero-order valence-electron chi connectivity index (χ0n) is 7.72. The summed E-state index contributed by atoms with van der Waals surface area (Å²) >= 11 is 0. The lowest BCUT2D eigenvalue weighted by atomic mass is 10.1. The third kappa shape index (κ3) is 2.07. The highest BCUT2D eigenvalue weighted by molar-refractivity contribution is 5.27. The number of nitrogens with two attached hydrogens (primary N) is 1. The summed E-state index contributed by atoms with van der Waals surface area (Å²) in [6, 6.07) is 11.8. The van der Waals surface area contributed by atoms with Gasteiger partial charge in [0.25, 0.3) is 0 Å². The summed E-state index contributed by atoms with van der Waals surface area (Å²) < 4.78 is 0. The maximum Gasteiger partial charge on any atom is 0.135 e. The fraction of sp³-hybridized carbons (Fsp3) is 0.0909. The minimum absolute atomic E-state index is 0.519. The molecule has 0 saturated carbocycles. The van der Waals surface area contributed by atoms with Crippen LogP contribution in [0.1, 0.15) is 11.4 Å². The third-order valence-corrected chi connectivity index (χ3v) is 1.93. The molecule has 2 aromatic rings. The van der Waals surface area contributed by atoms with E-state index in [0.717, 1.165) is 12.2 Å². The Balaban J connectivity index is 2.19. The van der Waals surface area contributed by atoms with Crippen molar-refractivity contribution in [2.24, 2.45) is 0 Å². The van der Waals surface area contributed by atoms with E-state index in [9.17, 15) is 0 Å². The average molecular weight is 185 g/mol. The third-order valence-electron chi connectivity index (χ3n) is 1.93. The van der Waals surface area contributed by atoms with Crippen LogP contribution in [0, 0.1) is 0 Å². The molecule has 0 unspecified atom stereocenters. The molecular formula is C11H11N3. The normalized spacial score (nSPS) is 10.0. The zero-order valence-corrected chi connectivity index (χ0v) is 7.72. The summed E-state index contributed by atoms with van der Waals surface area (Å²) in [5.74, 6) is 1.28. The van der Waals surface area contributed by atoms with Crippen LogP contribution in [-0.2, 0) is 6.42 Å². The maximum absolute atomic E-state index is 5.56. The van der Waals surface area contributed by atoms with E-state index in [0.29, 0.717) is 5.82 Å². The van der Waals surface area contributed by atoms with Crippen molar-refractivity contribution in [3.63, 3.8) is 0 Å². The van der Waals surface area contributed by atoms with Gasteiger partial charge in [-0.3, -0.25) is 0 Å². The van der Waals surface area contributed by atoms with Gasteiger partial charge in [0.2, 0.25) is 0 Å². The van der Waals surface area contributed by atoms with Gasteiger partial charge in [0, 0.05) is 12.6 Å². The second-order valence-electron chi connectivity index (χ2n) is 3.06. The predicted molar refractivity (Wildman–Crippen MR) is 55.7 cm³/mol. The molecule has 0 radical (unpaired) electrons. The first kappa shape index (κ1) is 8.69. The molecular weight excluding hydrogens is 174 g/mol. The molecule has 2 rings (SSSR count). The van der Waals surface area contributed by atoms with Crippen molar-refractivity contribution in [2.45, 2.75) is 6.42 Å². The maximum atomic E-state index is 5.56. The Kier molecular flexibility index (Phi) is 2.40. The van der Waals surface area contributed by atoms with E-state index < -0.39 is 0 Å². The van der Waals surface area contributed by atoms with Gasteiger partial charge >= 0.3 is 0 Å². The lowest BCUT2D eigenvalue weighted by Crippen LogP contribution is -1.99. The van der Waals surface area contributed by atoms with Gasteiger partial charge in [-0.25, -0.2) is 9.97 Å². The number of nitrogens with zero attached hydrogens (tertiary/aromatic N) is 2. The van der Waals surface area contributed by atoms with Crippen molar-refractivity contribution in [2.75, 3.05) is 5.73 Å². The Labute approximate surface area is 82.6 Å². The van der Waals surface area contributed by atoms with E-state index in [-0.39, 0.29) is 0 Å². The molecule has 0 spiro atoms. The first-order valence-corrected chi connectivity index (χ1v) is 4.46. The minimum Gasteiger partial charge on any atom is -0.384 e. The summed E-state index contributed by atoms with van der Waals surface area (Å²) in [6.45, 7) is 0. The number of benzene rings is 1. The topological polar surface area (TPSA) is 51.8 Å². The van der Waals surface area contributed by atoms with E-state index in [1.165, 1.54) is 5.56 Å². The number of hydrogen-bond acceptors (Lipinski definition) is 3. The molecule has 0 bridgehead atoms. The molecule has 1 aromatic carbocycles. The Hall–Kier alpha value is -1.90. The molecule has 1 aromatic heterocycles. The SMILES string of the molecule is Nc1ccnc(Cc2ccccc2)n1. The number of aromatic nitrogens is 2. The minimum atomic E-state index is 0.519. The molecule has 0 atom stereocenters. The molecule has 2 N–H and O–H groups in total. The number of nitrogen functional groups attached to an aromatic ring is 1. The van der Waals surface area contributed by atoms with E-state index in [2.05, 4.69) is 9.97 Å². The first-order chi connectivity index (χ1) is 6.84. The summed E-state index contributed by atoms with van der Waals surface area (Å²) in [5, 5.41) is 0. The van der Waals surface area contributed by atoms with Crippen LogP contribution in [0.4, 0.5) is 5.82 Å². The number of hydrogen-bond donors (Lipinski definition) is 1. The van der Waals surface area contributed by atoms with Crippen molar-refractivity contribution in [3.8, 4) is 0 Å². The number of anilines is 1. The molecule has 0 aliphatic heterocycles. The Morgan fingerprint density at radius 3 is 2.57 bits per heavy atom. The lowest BCUT2D eigenvalue weighted by Gasteiger charge is -2.00. The molecule has 0 aliphatic rings. The van der Waals surface area contributed by atoms with E-state index in [1.807, 2.05) is 30.3 Å². The van der Waals surface area contributed by atoms with Crippen LogP contribution < -0.4 is 5.73 Å². The molecule has 70 valence electrons. The van der Waals surface area contributed by atoms with Crippen molar-refractivity contribution < 1.29 is 0 Å². The van der Waals surface area contributed by atoms with Gasteiger partial charge in [0.15, 0.2) is 0 Å². The summed E-state index contributed by atoms with van der Waals surface area (Å²) in [5.41, 5.74) is 6.75. The standard InChI is InChI=1S/C11H11N3/c12-10-6-7-13-11(14-10)8-9-4-2-1-3-5-9/h1-7H,8H2,(H2,12,13,14). The van der Waals surface area contributed by atoms with Crippen molar-refractivity contribution in [1.82, 2.24) is 9.97 Å². The molecule has 14 heavy (non-hydrogen) atoms. The zero-order chi connectivity index (χ0) is 9.80. The van der Waals surface area contributed by atoms with Crippen LogP contribution in [-0.4, -0.2) is 9.97 Å². The van der Waals surface area contributed by atoms with Crippen molar-refractivity contribution in [1.29, 1.82) is 0 Å².